The molecule has 1 nitrogen and oxygen atoms in total. The summed E-state index contributed by atoms with van der Waals surface area (Å²) in [6, 6.07) is 76.0. The van der Waals surface area contributed by atoms with E-state index in [2.05, 4.69) is 217 Å². The summed E-state index contributed by atoms with van der Waals surface area (Å²) >= 11 is 0. The largest absolute Gasteiger partial charge is 0.311 e. The standard InChI is InChI=1S/C48H35N/c1-5-13-36(14-6-1)40-21-27-46(28-22-40)49(47-29-23-41(24-30-47)37-15-7-2-8-16-37)48-31-25-42(26-32-48)45-34-43(38-17-9-3-10-18-38)33-44(35-45)39-19-11-4-12-20-39/h1-35H. The molecule has 8 rings (SSSR count). The minimum Gasteiger partial charge on any atom is -0.311 e. The van der Waals surface area contributed by atoms with Crippen molar-refractivity contribution in [2.45, 2.75) is 0 Å². The van der Waals surface area contributed by atoms with Crippen molar-refractivity contribution in [3.8, 4) is 55.6 Å². The van der Waals surface area contributed by atoms with Crippen LogP contribution >= 0.6 is 0 Å². The summed E-state index contributed by atoms with van der Waals surface area (Å²) in [5.41, 5.74) is 15.4. The number of nitrogens with zero attached hydrogens (tertiary/aromatic N) is 1. The molecule has 0 unspecified atom stereocenters. The van der Waals surface area contributed by atoms with E-state index < -0.39 is 0 Å². The summed E-state index contributed by atoms with van der Waals surface area (Å²) in [5.74, 6) is 0. The molecule has 0 spiro atoms. The lowest BCUT2D eigenvalue weighted by Gasteiger charge is -2.26. The van der Waals surface area contributed by atoms with Gasteiger partial charge < -0.3 is 4.90 Å². The molecule has 0 aliphatic rings. The highest BCUT2D eigenvalue weighted by Gasteiger charge is 2.14. The molecule has 0 aliphatic carbocycles. The van der Waals surface area contributed by atoms with Crippen LogP contribution in [0, 0.1) is 0 Å². The topological polar surface area (TPSA) is 3.24 Å². The first-order valence-electron chi connectivity index (χ1n) is 16.8. The molecule has 0 aliphatic heterocycles. The van der Waals surface area contributed by atoms with E-state index in [1.54, 1.807) is 0 Å². The SMILES string of the molecule is c1ccc(-c2ccc(N(c3ccc(-c4ccccc4)cc3)c3ccc(-c4cc(-c5ccccc5)cc(-c5ccccc5)c4)cc3)cc2)cc1. The molecule has 1 heteroatoms. The van der Waals surface area contributed by atoms with Crippen molar-refractivity contribution in [3.63, 3.8) is 0 Å². The van der Waals surface area contributed by atoms with Crippen molar-refractivity contribution < 1.29 is 0 Å². The highest BCUT2D eigenvalue weighted by Crippen LogP contribution is 2.39. The van der Waals surface area contributed by atoms with Gasteiger partial charge in [0.25, 0.3) is 0 Å². The minimum atomic E-state index is 1.10. The van der Waals surface area contributed by atoms with E-state index in [9.17, 15) is 0 Å². The van der Waals surface area contributed by atoms with Gasteiger partial charge in [0, 0.05) is 17.1 Å². The van der Waals surface area contributed by atoms with Gasteiger partial charge in [-0.2, -0.15) is 0 Å². The highest BCUT2D eigenvalue weighted by atomic mass is 15.1. The van der Waals surface area contributed by atoms with Crippen LogP contribution in [0.15, 0.2) is 212 Å². The van der Waals surface area contributed by atoms with Crippen LogP contribution < -0.4 is 4.90 Å². The number of benzene rings is 8. The van der Waals surface area contributed by atoms with Gasteiger partial charge in [-0.15, -0.1) is 0 Å². The van der Waals surface area contributed by atoms with Gasteiger partial charge in [0.05, 0.1) is 0 Å². The van der Waals surface area contributed by atoms with Gasteiger partial charge in [0.15, 0.2) is 0 Å². The molecule has 0 radical (unpaired) electrons. The Morgan fingerprint density at radius 2 is 0.388 bits per heavy atom. The maximum Gasteiger partial charge on any atom is 0.0462 e. The third-order valence-corrected chi connectivity index (χ3v) is 9.07. The molecule has 0 saturated carbocycles. The van der Waals surface area contributed by atoms with E-state index in [-0.39, 0.29) is 0 Å². The van der Waals surface area contributed by atoms with Gasteiger partial charge in [-0.3, -0.25) is 0 Å². The quantitative estimate of drug-likeness (QED) is 0.162. The molecule has 0 bridgehead atoms. The summed E-state index contributed by atoms with van der Waals surface area (Å²) in [5, 5.41) is 0. The van der Waals surface area contributed by atoms with Crippen molar-refractivity contribution in [2.24, 2.45) is 0 Å². The summed E-state index contributed by atoms with van der Waals surface area (Å²) in [4.78, 5) is 2.34. The molecule has 8 aromatic rings. The summed E-state index contributed by atoms with van der Waals surface area (Å²) in [6.45, 7) is 0. The van der Waals surface area contributed by atoms with Gasteiger partial charge >= 0.3 is 0 Å². The molecule has 49 heavy (non-hydrogen) atoms. The lowest BCUT2D eigenvalue weighted by molar-refractivity contribution is 1.28. The first-order chi connectivity index (χ1) is 24.3. The third-order valence-electron chi connectivity index (χ3n) is 9.07. The van der Waals surface area contributed by atoms with Crippen LogP contribution in [0.3, 0.4) is 0 Å². The molecular formula is C48H35N. The van der Waals surface area contributed by atoms with Crippen molar-refractivity contribution >= 4 is 17.1 Å². The third kappa shape index (κ3) is 6.56. The number of hydrogen-bond donors (Lipinski definition) is 0. The Labute approximate surface area is 289 Å². The van der Waals surface area contributed by atoms with Gasteiger partial charge in [-0.05, 0) is 110 Å². The van der Waals surface area contributed by atoms with Crippen molar-refractivity contribution in [2.75, 3.05) is 4.90 Å². The second-order valence-electron chi connectivity index (χ2n) is 12.2. The van der Waals surface area contributed by atoms with E-state index in [0.29, 0.717) is 0 Å². The first-order valence-corrected chi connectivity index (χ1v) is 16.8. The smallest absolute Gasteiger partial charge is 0.0462 e. The molecule has 232 valence electrons. The van der Waals surface area contributed by atoms with E-state index in [1.165, 1.54) is 55.6 Å². The number of rotatable bonds is 8. The zero-order valence-electron chi connectivity index (χ0n) is 27.2. The Morgan fingerprint density at radius 1 is 0.184 bits per heavy atom. The molecular weight excluding hydrogens is 591 g/mol. The molecule has 0 heterocycles. The average molecular weight is 626 g/mol. The summed E-state index contributed by atoms with van der Waals surface area (Å²) in [7, 11) is 0. The maximum atomic E-state index is 2.34. The van der Waals surface area contributed by atoms with Crippen LogP contribution in [0.4, 0.5) is 17.1 Å². The highest BCUT2D eigenvalue weighted by molar-refractivity contribution is 5.84. The zero-order valence-corrected chi connectivity index (χ0v) is 27.2. The maximum absolute atomic E-state index is 2.34. The van der Waals surface area contributed by atoms with Crippen LogP contribution in [-0.4, -0.2) is 0 Å². The second-order valence-corrected chi connectivity index (χ2v) is 12.2. The van der Waals surface area contributed by atoms with Gasteiger partial charge in [0.1, 0.15) is 0 Å². The Kier molecular flexibility index (Phi) is 8.39. The number of hydrogen-bond acceptors (Lipinski definition) is 1. The second kappa shape index (κ2) is 13.7. The van der Waals surface area contributed by atoms with Gasteiger partial charge in [-0.25, -0.2) is 0 Å². The molecule has 0 saturated heterocycles. The zero-order chi connectivity index (χ0) is 32.8. The fourth-order valence-electron chi connectivity index (χ4n) is 6.51. The summed E-state index contributed by atoms with van der Waals surface area (Å²) < 4.78 is 0. The Balaban J connectivity index is 1.19. The first kappa shape index (κ1) is 29.9. The molecule has 0 amide bonds. The predicted molar refractivity (Wildman–Crippen MR) is 208 cm³/mol. The van der Waals surface area contributed by atoms with E-state index in [4.69, 9.17) is 0 Å². The van der Waals surface area contributed by atoms with Crippen LogP contribution in [0.25, 0.3) is 55.6 Å². The Hall–Kier alpha value is -6.44. The predicted octanol–water partition coefficient (Wildman–Crippen LogP) is 13.5. The van der Waals surface area contributed by atoms with Crippen molar-refractivity contribution in [1.29, 1.82) is 0 Å². The monoisotopic (exact) mass is 625 g/mol. The molecule has 0 N–H and O–H groups in total. The van der Waals surface area contributed by atoms with Crippen molar-refractivity contribution in [3.05, 3.63) is 212 Å². The van der Waals surface area contributed by atoms with E-state index in [1.807, 2.05) is 0 Å². The van der Waals surface area contributed by atoms with Crippen LogP contribution in [0.5, 0.6) is 0 Å². The lowest BCUT2D eigenvalue weighted by atomic mass is 9.93. The van der Waals surface area contributed by atoms with Gasteiger partial charge in [0.2, 0.25) is 0 Å². The van der Waals surface area contributed by atoms with Crippen LogP contribution in [0.2, 0.25) is 0 Å². The van der Waals surface area contributed by atoms with E-state index in [0.717, 1.165) is 17.1 Å². The molecule has 0 fully saturated rings. The minimum absolute atomic E-state index is 1.10. The fourth-order valence-corrected chi connectivity index (χ4v) is 6.51. The van der Waals surface area contributed by atoms with Crippen LogP contribution in [0.1, 0.15) is 0 Å². The van der Waals surface area contributed by atoms with E-state index >= 15 is 0 Å². The molecule has 0 aromatic heterocycles. The van der Waals surface area contributed by atoms with Crippen molar-refractivity contribution in [1.82, 2.24) is 0 Å². The number of anilines is 3. The average Bonchev–Trinajstić information content (AvgIpc) is 3.20. The molecule has 0 atom stereocenters. The fraction of sp³-hybridized carbons (Fsp3) is 0. The summed E-state index contributed by atoms with van der Waals surface area (Å²) in [6.07, 6.45) is 0. The Morgan fingerprint density at radius 3 is 0.653 bits per heavy atom. The lowest BCUT2D eigenvalue weighted by Crippen LogP contribution is -2.09. The van der Waals surface area contributed by atoms with Gasteiger partial charge in [-0.1, -0.05) is 158 Å². The van der Waals surface area contributed by atoms with Crippen LogP contribution in [-0.2, 0) is 0 Å². The normalized spacial score (nSPS) is 10.9. The molecule has 8 aromatic carbocycles. The Bertz CT molecular complexity index is 2120.